The van der Waals surface area contributed by atoms with E-state index in [-0.39, 0.29) is 23.7 Å². The number of hydrogen-bond donors (Lipinski definition) is 2. The zero-order valence-electron chi connectivity index (χ0n) is 16.5. The predicted octanol–water partition coefficient (Wildman–Crippen LogP) is 3.66. The highest BCUT2D eigenvalue weighted by atomic mass is 16.5. The Hall–Kier alpha value is -1.88. The van der Waals surface area contributed by atoms with Crippen LogP contribution in [-0.4, -0.2) is 32.1 Å². The van der Waals surface area contributed by atoms with Gasteiger partial charge in [0, 0.05) is 19.3 Å². The van der Waals surface area contributed by atoms with E-state index in [4.69, 9.17) is 4.74 Å². The highest BCUT2D eigenvalue weighted by molar-refractivity contribution is 6.10. The third kappa shape index (κ3) is 5.30. The summed E-state index contributed by atoms with van der Waals surface area (Å²) in [4.78, 5) is 25.2. The van der Waals surface area contributed by atoms with E-state index in [1.807, 2.05) is 18.2 Å². The molecule has 0 atom stereocenters. The first kappa shape index (κ1) is 21.2. The van der Waals surface area contributed by atoms with Crippen molar-refractivity contribution in [2.75, 3.05) is 25.6 Å². The van der Waals surface area contributed by atoms with Crippen molar-refractivity contribution in [2.24, 2.45) is 5.41 Å². The Kier molecular flexibility index (Phi) is 7.61. The van der Waals surface area contributed by atoms with Crippen LogP contribution in [0.15, 0.2) is 18.2 Å². The van der Waals surface area contributed by atoms with Gasteiger partial charge in [-0.05, 0) is 36.8 Å². The van der Waals surface area contributed by atoms with E-state index >= 15 is 0 Å². The Bertz CT molecular complexity index is 581. The van der Waals surface area contributed by atoms with Crippen LogP contribution in [0.1, 0.15) is 64.5 Å². The van der Waals surface area contributed by atoms with Crippen LogP contribution in [0, 0.1) is 5.41 Å². The molecule has 2 amide bonds. The van der Waals surface area contributed by atoms with Crippen LogP contribution in [0.25, 0.3) is 0 Å². The largest absolute Gasteiger partial charge is 0.383 e. The van der Waals surface area contributed by atoms with Crippen molar-refractivity contribution in [3.8, 4) is 0 Å². The highest BCUT2D eigenvalue weighted by Gasteiger charge is 2.36. The van der Waals surface area contributed by atoms with Gasteiger partial charge in [-0.1, -0.05) is 45.9 Å². The molecule has 0 aromatic heterocycles. The molecule has 0 saturated heterocycles. The Morgan fingerprint density at radius 1 is 1.04 bits per heavy atom. The first-order valence-electron chi connectivity index (χ1n) is 8.84. The normalized spacial score (nSPS) is 11.7. The molecule has 25 heavy (non-hydrogen) atoms. The van der Waals surface area contributed by atoms with Gasteiger partial charge in [0.05, 0.1) is 6.61 Å². The number of hydrogen-bond acceptors (Lipinski definition) is 3. The summed E-state index contributed by atoms with van der Waals surface area (Å²) in [5.74, 6) is -0.0760. The fraction of sp³-hybridized carbons (Fsp3) is 0.600. The molecule has 2 N–H and O–H groups in total. The third-order valence-electron chi connectivity index (χ3n) is 4.34. The van der Waals surface area contributed by atoms with E-state index in [1.54, 1.807) is 21.0 Å². The second-order valence-electron chi connectivity index (χ2n) is 7.45. The average Bonchev–Trinajstić information content (AvgIpc) is 2.54. The first-order valence-corrected chi connectivity index (χ1v) is 8.84. The molecule has 0 unspecified atom stereocenters. The van der Waals surface area contributed by atoms with Gasteiger partial charge < -0.3 is 15.4 Å². The zero-order valence-corrected chi connectivity index (χ0v) is 16.5. The minimum atomic E-state index is -1.17. The predicted molar refractivity (Wildman–Crippen MR) is 102 cm³/mol. The molecular weight excluding hydrogens is 316 g/mol. The van der Waals surface area contributed by atoms with Gasteiger partial charge >= 0.3 is 0 Å². The van der Waals surface area contributed by atoms with E-state index in [9.17, 15) is 9.59 Å². The Balaban J connectivity index is 3.08. The minimum Gasteiger partial charge on any atom is -0.383 e. The van der Waals surface area contributed by atoms with Crippen molar-refractivity contribution in [1.82, 2.24) is 5.32 Å². The number of ether oxygens (including phenoxy) is 1. The lowest BCUT2D eigenvalue weighted by Crippen LogP contribution is -2.46. The summed E-state index contributed by atoms with van der Waals surface area (Å²) >= 11 is 0. The number of amides is 2. The van der Waals surface area contributed by atoms with Crippen molar-refractivity contribution in [1.29, 1.82) is 0 Å². The molecule has 0 aliphatic heterocycles. The molecule has 1 rings (SSSR count). The maximum absolute atomic E-state index is 12.9. The molecule has 0 heterocycles. The molecule has 0 radical (unpaired) electrons. The van der Waals surface area contributed by atoms with E-state index in [0.29, 0.717) is 13.2 Å². The quantitative estimate of drug-likeness (QED) is 0.556. The molecule has 0 saturated carbocycles. The summed E-state index contributed by atoms with van der Waals surface area (Å²) in [6.45, 7) is 12.4. The van der Waals surface area contributed by atoms with Crippen LogP contribution in [-0.2, 0) is 14.3 Å². The molecule has 140 valence electrons. The standard InChI is InChI=1S/C20H32N2O3/c1-13(2)15-9-8-10-16(14(3)4)17(15)22-19(24)20(5,6)18(23)21-11-12-25-7/h8-10,13-14H,11-12H2,1-7H3,(H,21,23)(H,22,24). The van der Waals surface area contributed by atoms with Gasteiger partial charge in [-0.15, -0.1) is 0 Å². The summed E-state index contributed by atoms with van der Waals surface area (Å²) in [5.41, 5.74) is 1.81. The van der Waals surface area contributed by atoms with Crippen LogP contribution in [0.4, 0.5) is 5.69 Å². The Morgan fingerprint density at radius 2 is 1.56 bits per heavy atom. The van der Waals surface area contributed by atoms with Gasteiger partial charge in [0.2, 0.25) is 11.8 Å². The summed E-state index contributed by atoms with van der Waals surface area (Å²) in [6.07, 6.45) is 0. The molecule has 0 fully saturated rings. The topological polar surface area (TPSA) is 67.4 Å². The molecule has 5 nitrogen and oxygen atoms in total. The number of anilines is 1. The minimum absolute atomic E-state index is 0.271. The lowest BCUT2D eigenvalue weighted by Gasteiger charge is -2.26. The second kappa shape index (κ2) is 8.99. The molecule has 1 aromatic carbocycles. The fourth-order valence-electron chi connectivity index (χ4n) is 2.56. The van der Waals surface area contributed by atoms with Crippen molar-refractivity contribution in [2.45, 2.75) is 53.4 Å². The first-order chi connectivity index (χ1) is 11.6. The van der Waals surface area contributed by atoms with E-state index in [2.05, 4.69) is 38.3 Å². The third-order valence-corrected chi connectivity index (χ3v) is 4.34. The van der Waals surface area contributed by atoms with Gasteiger partial charge in [0.1, 0.15) is 5.41 Å². The Morgan fingerprint density at radius 3 is 2.00 bits per heavy atom. The van der Waals surface area contributed by atoms with Gasteiger partial charge in [-0.3, -0.25) is 9.59 Å². The molecule has 0 spiro atoms. The van der Waals surface area contributed by atoms with E-state index < -0.39 is 5.41 Å². The molecule has 1 aromatic rings. The van der Waals surface area contributed by atoms with E-state index in [0.717, 1.165) is 16.8 Å². The summed E-state index contributed by atoms with van der Waals surface area (Å²) in [6, 6.07) is 6.07. The fourth-order valence-corrected chi connectivity index (χ4v) is 2.56. The van der Waals surface area contributed by atoms with Crippen LogP contribution in [0.5, 0.6) is 0 Å². The molecule has 5 heteroatoms. The number of methoxy groups -OCH3 is 1. The van der Waals surface area contributed by atoms with Crippen molar-refractivity contribution in [3.05, 3.63) is 29.3 Å². The average molecular weight is 348 g/mol. The number of benzene rings is 1. The zero-order chi connectivity index (χ0) is 19.2. The number of carbonyl (C=O) groups excluding carboxylic acids is 2. The van der Waals surface area contributed by atoms with Crippen molar-refractivity contribution < 1.29 is 14.3 Å². The number of rotatable bonds is 8. The van der Waals surface area contributed by atoms with Crippen LogP contribution < -0.4 is 10.6 Å². The number of carbonyl (C=O) groups is 2. The number of para-hydroxylation sites is 1. The van der Waals surface area contributed by atoms with Gasteiger partial charge in [0.25, 0.3) is 0 Å². The van der Waals surface area contributed by atoms with Crippen molar-refractivity contribution >= 4 is 17.5 Å². The van der Waals surface area contributed by atoms with Crippen LogP contribution in [0.2, 0.25) is 0 Å². The monoisotopic (exact) mass is 348 g/mol. The van der Waals surface area contributed by atoms with Crippen LogP contribution in [0.3, 0.4) is 0 Å². The molecule has 0 aliphatic carbocycles. The lowest BCUT2D eigenvalue weighted by molar-refractivity contribution is -0.138. The highest BCUT2D eigenvalue weighted by Crippen LogP contribution is 2.33. The smallest absolute Gasteiger partial charge is 0.239 e. The summed E-state index contributed by atoms with van der Waals surface area (Å²) in [5, 5.41) is 5.76. The maximum atomic E-state index is 12.9. The number of nitrogens with one attached hydrogen (secondary N) is 2. The maximum Gasteiger partial charge on any atom is 0.239 e. The molecule has 0 bridgehead atoms. The molecular formula is C20H32N2O3. The van der Waals surface area contributed by atoms with Gasteiger partial charge in [-0.25, -0.2) is 0 Å². The SMILES string of the molecule is COCCNC(=O)C(C)(C)C(=O)Nc1c(C(C)C)cccc1C(C)C. The van der Waals surface area contributed by atoms with Gasteiger partial charge in [-0.2, -0.15) is 0 Å². The Labute approximate surface area is 151 Å². The van der Waals surface area contributed by atoms with Crippen molar-refractivity contribution in [3.63, 3.8) is 0 Å². The second-order valence-corrected chi connectivity index (χ2v) is 7.45. The summed E-state index contributed by atoms with van der Waals surface area (Å²) < 4.78 is 4.93. The summed E-state index contributed by atoms with van der Waals surface area (Å²) in [7, 11) is 1.57. The molecule has 0 aliphatic rings. The van der Waals surface area contributed by atoms with E-state index in [1.165, 1.54) is 0 Å². The lowest BCUT2D eigenvalue weighted by atomic mass is 9.88. The van der Waals surface area contributed by atoms with Crippen LogP contribution >= 0.6 is 0 Å². The van der Waals surface area contributed by atoms with Gasteiger partial charge in [0.15, 0.2) is 0 Å².